The fourth-order valence-corrected chi connectivity index (χ4v) is 4.61. The van der Waals surface area contributed by atoms with Gasteiger partial charge in [0.2, 0.25) is 10.0 Å². The zero-order valence-electron chi connectivity index (χ0n) is 16.2. The molecule has 0 spiro atoms. The summed E-state index contributed by atoms with van der Waals surface area (Å²) in [4.78, 5) is 13.5. The number of imidazole rings is 1. The molecule has 0 unspecified atom stereocenters. The van der Waals surface area contributed by atoms with E-state index in [9.17, 15) is 8.42 Å². The number of hydrogen-bond donors (Lipinski definition) is 1. The number of benzene rings is 1. The van der Waals surface area contributed by atoms with Crippen LogP contribution < -0.4 is 4.72 Å². The van der Waals surface area contributed by atoms with Gasteiger partial charge in [0.15, 0.2) is 5.65 Å². The van der Waals surface area contributed by atoms with E-state index in [1.165, 1.54) is 0 Å². The first-order chi connectivity index (χ1) is 14.0. The molecule has 0 amide bonds. The molecule has 3 aromatic heterocycles. The van der Waals surface area contributed by atoms with Crippen LogP contribution in [0, 0.1) is 13.8 Å². The van der Waals surface area contributed by atoms with E-state index in [2.05, 4.69) is 19.7 Å². The number of fused-ring (bicyclic) bond motifs is 1. The number of aryl methyl sites for hydroxylation is 2. The standard InChI is InChI=1S/C21H21N5O2S/c1-15-5-6-19(16(2)14-15)29(27,28)24-12-13-26-20(17-7-10-22-11-8-17)25-18-4-3-9-23-21(18)26/h3-11,14,24H,12-13H2,1-2H3. The lowest BCUT2D eigenvalue weighted by Gasteiger charge is -2.12. The molecule has 3 heterocycles. The SMILES string of the molecule is Cc1ccc(S(=O)(=O)NCCn2c(-c3ccncc3)nc3cccnc32)c(C)c1. The summed E-state index contributed by atoms with van der Waals surface area (Å²) < 4.78 is 30.1. The largest absolute Gasteiger partial charge is 0.307 e. The number of nitrogens with one attached hydrogen (secondary N) is 1. The minimum absolute atomic E-state index is 0.218. The molecule has 1 aromatic carbocycles. The Hall–Kier alpha value is -3.10. The van der Waals surface area contributed by atoms with Gasteiger partial charge in [-0.15, -0.1) is 0 Å². The van der Waals surface area contributed by atoms with Crippen molar-refractivity contribution in [2.75, 3.05) is 6.54 Å². The third-order valence-electron chi connectivity index (χ3n) is 4.69. The molecule has 8 heteroatoms. The van der Waals surface area contributed by atoms with Crippen molar-refractivity contribution in [3.63, 3.8) is 0 Å². The first-order valence-corrected chi connectivity index (χ1v) is 10.7. The Morgan fingerprint density at radius 2 is 1.83 bits per heavy atom. The van der Waals surface area contributed by atoms with Crippen LogP contribution in [0.1, 0.15) is 11.1 Å². The molecule has 148 valence electrons. The van der Waals surface area contributed by atoms with Gasteiger partial charge in [-0.3, -0.25) is 4.98 Å². The Bertz CT molecular complexity index is 1270. The van der Waals surface area contributed by atoms with Crippen LogP contribution in [0.25, 0.3) is 22.6 Å². The van der Waals surface area contributed by atoms with Gasteiger partial charge in [0.05, 0.1) is 4.90 Å². The van der Waals surface area contributed by atoms with Crippen molar-refractivity contribution >= 4 is 21.2 Å². The van der Waals surface area contributed by atoms with Crippen LogP contribution in [0.5, 0.6) is 0 Å². The summed E-state index contributed by atoms with van der Waals surface area (Å²) in [5.74, 6) is 0.729. The Morgan fingerprint density at radius 1 is 1.03 bits per heavy atom. The normalized spacial score (nSPS) is 11.8. The van der Waals surface area contributed by atoms with Crippen LogP contribution in [0.3, 0.4) is 0 Å². The lowest BCUT2D eigenvalue weighted by molar-refractivity contribution is 0.574. The van der Waals surface area contributed by atoms with E-state index in [-0.39, 0.29) is 6.54 Å². The highest BCUT2D eigenvalue weighted by Crippen LogP contribution is 2.23. The molecule has 0 saturated carbocycles. The fraction of sp³-hybridized carbons (Fsp3) is 0.190. The molecule has 0 bridgehead atoms. The fourth-order valence-electron chi connectivity index (χ4n) is 3.36. The number of nitrogens with zero attached hydrogens (tertiary/aromatic N) is 4. The minimum atomic E-state index is -3.61. The Kier molecular flexibility index (Phi) is 5.12. The summed E-state index contributed by atoms with van der Waals surface area (Å²) in [7, 11) is -3.61. The second-order valence-corrected chi connectivity index (χ2v) is 8.57. The molecular weight excluding hydrogens is 386 g/mol. The lowest BCUT2D eigenvalue weighted by Crippen LogP contribution is -2.28. The van der Waals surface area contributed by atoms with Crippen molar-refractivity contribution in [1.29, 1.82) is 0 Å². The van der Waals surface area contributed by atoms with Crippen LogP contribution in [-0.2, 0) is 16.6 Å². The Balaban J connectivity index is 1.61. The van der Waals surface area contributed by atoms with E-state index in [0.717, 1.165) is 28.0 Å². The third-order valence-corrected chi connectivity index (χ3v) is 6.31. The second kappa shape index (κ2) is 7.73. The minimum Gasteiger partial charge on any atom is -0.307 e. The maximum atomic E-state index is 12.8. The number of hydrogen-bond acceptors (Lipinski definition) is 5. The molecule has 0 aliphatic heterocycles. The molecule has 0 aliphatic carbocycles. The molecule has 4 aromatic rings. The second-order valence-electron chi connectivity index (χ2n) is 6.84. The van der Waals surface area contributed by atoms with Crippen LogP contribution in [0.4, 0.5) is 0 Å². The molecule has 0 atom stereocenters. The monoisotopic (exact) mass is 407 g/mol. The highest BCUT2D eigenvalue weighted by Gasteiger charge is 2.18. The molecule has 29 heavy (non-hydrogen) atoms. The van der Waals surface area contributed by atoms with Gasteiger partial charge in [0.25, 0.3) is 0 Å². The van der Waals surface area contributed by atoms with Gasteiger partial charge in [-0.1, -0.05) is 17.7 Å². The van der Waals surface area contributed by atoms with Crippen molar-refractivity contribution in [2.45, 2.75) is 25.3 Å². The zero-order chi connectivity index (χ0) is 20.4. The van der Waals surface area contributed by atoms with Gasteiger partial charge in [0, 0.05) is 37.2 Å². The third kappa shape index (κ3) is 3.90. The first kappa shape index (κ1) is 19.2. The Labute approximate surface area is 169 Å². The van der Waals surface area contributed by atoms with Gasteiger partial charge in [-0.05, 0) is 49.7 Å². The maximum Gasteiger partial charge on any atom is 0.240 e. The van der Waals surface area contributed by atoms with E-state index in [4.69, 9.17) is 0 Å². The van der Waals surface area contributed by atoms with Gasteiger partial charge < -0.3 is 4.57 Å². The average molecular weight is 407 g/mol. The molecule has 0 aliphatic rings. The summed E-state index contributed by atoms with van der Waals surface area (Å²) in [5, 5.41) is 0. The predicted octanol–water partition coefficient (Wildman–Crippen LogP) is 3.09. The molecule has 0 saturated heterocycles. The highest BCUT2D eigenvalue weighted by molar-refractivity contribution is 7.89. The summed E-state index contributed by atoms with van der Waals surface area (Å²) in [6, 6.07) is 12.8. The quantitative estimate of drug-likeness (QED) is 0.530. The lowest BCUT2D eigenvalue weighted by atomic mass is 10.2. The van der Waals surface area contributed by atoms with E-state index in [0.29, 0.717) is 17.1 Å². The van der Waals surface area contributed by atoms with Crippen molar-refractivity contribution < 1.29 is 8.42 Å². The molecule has 0 fully saturated rings. The average Bonchev–Trinajstić information content (AvgIpc) is 3.07. The van der Waals surface area contributed by atoms with E-state index in [1.54, 1.807) is 37.6 Å². The smallest absolute Gasteiger partial charge is 0.240 e. The van der Waals surface area contributed by atoms with E-state index >= 15 is 0 Å². The van der Waals surface area contributed by atoms with Gasteiger partial charge in [-0.2, -0.15) is 0 Å². The molecule has 0 radical (unpaired) electrons. The summed E-state index contributed by atoms with van der Waals surface area (Å²) in [5.41, 5.74) is 4.13. The maximum absolute atomic E-state index is 12.8. The van der Waals surface area contributed by atoms with Gasteiger partial charge >= 0.3 is 0 Å². The first-order valence-electron chi connectivity index (χ1n) is 9.24. The van der Waals surface area contributed by atoms with Crippen molar-refractivity contribution in [2.24, 2.45) is 0 Å². The summed E-state index contributed by atoms with van der Waals surface area (Å²) >= 11 is 0. The summed E-state index contributed by atoms with van der Waals surface area (Å²) in [6.45, 7) is 4.36. The predicted molar refractivity (Wildman–Crippen MR) is 112 cm³/mol. The Morgan fingerprint density at radius 3 is 2.59 bits per heavy atom. The van der Waals surface area contributed by atoms with E-state index in [1.807, 2.05) is 41.8 Å². The molecule has 7 nitrogen and oxygen atoms in total. The number of pyridine rings is 2. The molecular formula is C21H21N5O2S. The zero-order valence-corrected chi connectivity index (χ0v) is 17.0. The van der Waals surface area contributed by atoms with Crippen LogP contribution in [-0.4, -0.2) is 34.5 Å². The highest BCUT2D eigenvalue weighted by atomic mass is 32.2. The molecule has 4 rings (SSSR count). The van der Waals surface area contributed by atoms with Crippen LogP contribution in [0.2, 0.25) is 0 Å². The van der Waals surface area contributed by atoms with Crippen molar-refractivity contribution in [3.05, 3.63) is 72.2 Å². The number of sulfonamides is 1. The molecule has 1 N–H and O–H groups in total. The summed E-state index contributed by atoms with van der Waals surface area (Å²) in [6.07, 6.45) is 5.11. The van der Waals surface area contributed by atoms with Gasteiger partial charge in [-0.25, -0.2) is 23.1 Å². The number of rotatable bonds is 6. The van der Waals surface area contributed by atoms with Gasteiger partial charge in [0.1, 0.15) is 11.3 Å². The van der Waals surface area contributed by atoms with E-state index < -0.39 is 10.0 Å². The van der Waals surface area contributed by atoms with Crippen molar-refractivity contribution in [1.82, 2.24) is 24.2 Å². The number of aromatic nitrogens is 4. The van der Waals surface area contributed by atoms with Crippen LogP contribution >= 0.6 is 0 Å². The van der Waals surface area contributed by atoms with Crippen LogP contribution in [0.15, 0.2) is 66.0 Å². The van der Waals surface area contributed by atoms with Crippen molar-refractivity contribution in [3.8, 4) is 11.4 Å². The topological polar surface area (TPSA) is 89.8 Å².